The molecule has 16 heavy (non-hydrogen) atoms. The fraction of sp³-hybridized carbons (Fsp3) is 0.714. The SMILES string of the molecule is CCCCCC1(NCc2cccs2)CCC1. The van der Waals surface area contributed by atoms with Crippen molar-refractivity contribution < 1.29 is 0 Å². The molecule has 0 spiro atoms. The van der Waals surface area contributed by atoms with Crippen molar-refractivity contribution in [1.29, 1.82) is 0 Å². The molecule has 1 saturated carbocycles. The molecule has 0 unspecified atom stereocenters. The van der Waals surface area contributed by atoms with Crippen LogP contribution in [0.15, 0.2) is 17.5 Å². The van der Waals surface area contributed by atoms with Gasteiger partial charge < -0.3 is 5.32 Å². The number of unbranched alkanes of at least 4 members (excludes halogenated alkanes) is 2. The summed E-state index contributed by atoms with van der Waals surface area (Å²) in [6.07, 6.45) is 9.71. The van der Waals surface area contributed by atoms with Gasteiger partial charge in [0.2, 0.25) is 0 Å². The third-order valence-corrected chi connectivity index (χ3v) is 4.66. The van der Waals surface area contributed by atoms with Crippen molar-refractivity contribution in [1.82, 2.24) is 5.32 Å². The quantitative estimate of drug-likeness (QED) is 0.696. The average Bonchev–Trinajstić information content (AvgIpc) is 2.73. The molecule has 90 valence electrons. The second-order valence-corrected chi connectivity index (χ2v) is 6.06. The summed E-state index contributed by atoms with van der Waals surface area (Å²) in [4.78, 5) is 1.47. The Morgan fingerprint density at radius 3 is 2.81 bits per heavy atom. The van der Waals surface area contributed by atoms with Gasteiger partial charge >= 0.3 is 0 Å². The van der Waals surface area contributed by atoms with Crippen LogP contribution in [-0.2, 0) is 6.54 Å². The van der Waals surface area contributed by atoms with Crippen molar-refractivity contribution in [2.24, 2.45) is 0 Å². The Balaban J connectivity index is 1.76. The third kappa shape index (κ3) is 3.08. The maximum atomic E-state index is 3.80. The first-order valence-electron chi connectivity index (χ1n) is 6.62. The average molecular weight is 237 g/mol. The number of nitrogens with one attached hydrogen (secondary N) is 1. The molecule has 1 heterocycles. The molecule has 0 aliphatic heterocycles. The minimum absolute atomic E-state index is 0.499. The van der Waals surface area contributed by atoms with Gasteiger partial charge in [0, 0.05) is 17.0 Å². The lowest BCUT2D eigenvalue weighted by atomic mass is 9.73. The van der Waals surface area contributed by atoms with Crippen molar-refractivity contribution in [3.63, 3.8) is 0 Å². The van der Waals surface area contributed by atoms with E-state index in [0.29, 0.717) is 5.54 Å². The molecule has 0 saturated heterocycles. The Bertz CT molecular complexity index is 288. The number of rotatable bonds is 7. The lowest BCUT2D eigenvalue weighted by Crippen LogP contribution is -2.50. The molecule has 0 bridgehead atoms. The highest BCUT2D eigenvalue weighted by atomic mass is 32.1. The van der Waals surface area contributed by atoms with Crippen LogP contribution >= 0.6 is 11.3 Å². The minimum Gasteiger partial charge on any atom is -0.306 e. The van der Waals surface area contributed by atoms with E-state index in [1.165, 1.54) is 49.8 Å². The minimum atomic E-state index is 0.499. The highest BCUT2D eigenvalue weighted by Gasteiger charge is 2.35. The van der Waals surface area contributed by atoms with Crippen LogP contribution < -0.4 is 5.32 Å². The molecule has 0 amide bonds. The first-order chi connectivity index (χ1) is 7.85. The van der Waals surface area contributed by atoms with Crippen LogP contribution in [-0.4, -0.2) is 5.54 Å². The summed E-state index contributed by atoms with van der Waals surface area (Å²) in [5.74, 6) is 0. The number of hydrogen-bond acceptors (Lipinski definition) is 2. The first kappa shape index (κ1) is 12.1. The van der Waals surface area contributed by atoms with E-state index in [1.54, 1.807) is 0 Å². The van der Waals surface area contributed by atoms with Gasteiger partial charge in [-0.3, -0.25) is 0 Å². The van der Waals surface area contributed by atoms with Gasteiger partial charge in [0.15, 0.2) is 0 Å². The fourth-order valence-electron chi connectivity index (χ4n) is 2.52. The summed E-state index contributed by atoms with van der Waals surface area (Å²) in [6, 6.07) is 4.38. The van der Waals surface area contributed by atoms with E-state index >= 15 is 0 Å². The smallest absolute Gasteiger partial charge is 0.0304 e. The molecule has 2 heteroatoms. The highest BCUT2D eigenvalue weighted by Crippen LogP contribution is 2.36. The largest absolute Gasteiger partial charge is 0.306 e. The van der Waals surface area contributed by atoms with Gasteiger partial charge in [-0.05, 0) is 37.1 Å². The Labute approximate surface area is 103 Å². The van der Waals surface area contributed by atoms with Crippen molar-refractivity contribution in [3.8, 4) is 0 Å². The van der Waals surface area contributed by atoms with Crippen molar-refractivity contribution in [3.05, 3.63) is 22.4 Å². The molecule has 1 N–H and O–H groups in total. The van der Waals surface area contributed by atoms with Crippen LogP contribution in [0.5, 0.6) is 0 Å². The van der Waals surface area contributed by atoms with Crippen molar-refractivity contribution in [2.75, 3.05) is 0 Å². The van der Waals surface area contributed by atoms with Crippen LogP contribution in [0.3, 0.4) is 0 Å². The van der Waals surface area contributed by atoms with E-state index in [1.807, 2.05) is 11.3 Å². The maximum Gasteiger partial charge on any atom is 0.0304 e. The van der Waals surface area contributed by atoms with Gasteiger partial charge in [0.1, 0.15) is 0 Å². The maximum absolute atomic E-state index is 3.80. The molecule has 1 aliphatic carbocycles. The topological polar surface area (TPSA) is 12.0 Å². The Morgan fingerprint density at radius 2 is 2.25 bits per heavy atom. The van der Waals surface area contributed by atoms with Gasteiger partial charge in [-0.15, -0.1) is 11.3 Å². The van der Waals surface area contributed by atoms with Gasteiger partial charge in [-0.25, -0.2) is 0 Å². The molecule has 1 aromatic heterocycles. The second-order valence-electron chi connectivity index (χ2n) is 5.02. The predicted molar refractivity (Wildman–Crippen MR) is 71.9 cm³/mol. The summed E-state index contributed by atoms with van der Waals surface area (Å²) in [5.41, 5.74) is 0.499. The van der Waals surface area contributed by atoms with Crippen molar-refractivity contribution in [2.45, 2.75) is 64.0 Å². The van der Waals surface area contributed by atoms with E-state index in [0.717, 1.165) is 6.54 Å². The predicted octanol–water partition coefficient (Wildman–Crippen LogP) is 4.34. The molecule has 1 fully saturated rings. The summed E-state index contributed by atoms with van der Waals surface area (Å²) >= 11 is 1.86. The molecular formula is C14H23NS. The van der Waals surface area contributed by atoms with E-state index in [-0.39, 0.29) is 0 Å². The molecule has 0 atom stereocenters. The molecule has 1 aliphatic rings. The normalized spacial score (nSPS) is 18.3. The summed E-state index contributed by atoms with van der Waals surface area (Å²) < 4.78 is 0. The van der Waals surface area contributed by atoms with Crippen LogP contribution in [0.1, 0.15) is 56.7 Å². The van der Waals surface area contributed by atoms with E-state index in [4.69, 9.17) is 0 Å². The van der Waals surface area contributed by atoms with Crippen LogP contribution in [0, 0.1) is 0 Å². The van der Waals surface area contributed by atoms with Crippen molar-refractivity contribution >= 4 is 11.3 Å². The molecule has 1 aromatic rings. The van der Waals surface area contributed by atoms with Crippen LogP contribution in [0.4, 0.5) is 0 Å². The molecule has 2 rings (SSSR count). The fourth-order valence-corrected chi connectivity index (χ4v) is 3.16. The molecular weight excluding hydrogens is 214 g/mol. The van der Waals surface area contributed by atoms with E-state index in [9.17, 15) is 0 Å². The zero-order valence-electron chi connectivity index (χ0n) is 10.3. The zero-order valence-corrected chi connectivity index (χ0v) is 11.1. The Morgan fingerprint density at radius 1 is 1.38 bits per heavy atom. The molecule has 0 radical (unpaired) electrons. The van der Waals surface area contributed by atoms with Gasteiger partial charge in [-0.2, -0.15) is 0 Å². The summed E-state index contributed by atoms with van der Waals surface area (Å²) in [5, 5.41) is 5.97. The lowest BCUT2D eigenvalue weighted by molar-refractivity contribution is 0.164. The van der Waals surface area contributed by atoms with Crippen LogP contribution in [0.25, 0.3) is 0 Å². The second kappa shape index (κ2) is 5.83. The van der Waals surface area contributed by atoms with E-state index < -0.39 is 0 Å². The first-order valence-corrected chi connectivity index (χ1v) is 7.50. The lowest BCUT2D eigenvalue weighted by Gasteiger charge is -2.43. The highest BCUT2D eigenvalue weighted by molar-refractivity contribution is 7.09. The Kier molecular flexibility index (Phi) is 4.42. The van der Waals surface area contributed by atoms with Gasteiger partial charge in [0.05, 0.1) is 0 Å². The third-order valence-electron chi connectivity index (χ3n) is 3.79. The summed E-state index contributed by atoms with van der Waals surface area (Å²) in [7, 11) is 0. The molecule has 1 nitrogen and oxygen atoms in total. The monoisotopic (exact) mass is 237 g/mol. The standard InChI is InChI=1S/C14H23NS/c1-2-3-4-8-14(9-6-10-14)15-12-13-7-5-11-16-13/h5,7,11,15H,2-4,6,8-10,12H2,1H3. The number of thiophene rings is 1. The van der Waals surface area contributed by atoms with Crippen LogP contribution in [0.2, 0.25) is 0 Å². The summed E-state index contributed by atoms with van der Waals surface area (Å²) in [6.45, 7) is 3.36. The van der Waals surface area contributed by atoms with Gasteiger partial charge in [-0.1, -0.05) is 32.3 Å². The Hall–Kier alpha value is -0.340. The number of hydrogen-bond donors (Lipinski definition) is 1. The zero-order chi connectivity index (χ0) is 11.3. The molecule has 0 aromatic carbocycles. The van der Waals surface area contributed by atoms with Gasteiger partial charge in [0.25, 0.3) is 0 Å². The van der Waals surface area contributed by atoms with E-state index in [2.05, 4.69) is 29.8 Å².